The molecule has 16 N–H and O–H groups in total. The number of aryl methyl sites for hydroxylation is 4. The topological polar surface area (TPSA) is 385 Å². The molecular formula is C63H87Cl6N5O12Pt3. The number of benzene rings is 6. The van der Waals surface area contributed by atoms with Crippen LogP contribution < -0.4 is 0 Å². The monoisotopic (exact) mass is 1900 g/mol. The standard InChI is InChI=1S/2C15H14O2.2C9H10O2.C7H13N.C6H12O2.C2H6O2.6ClH.4H2N.3Pt/c2*16-15(17)11-14(12-7-3-1-4-8-12)13-9-5-2-6-10-13;2*1-6-3-4-8(9(10)11)7(2)5-6;1-6-4-2-3-5-7(6)8;1-6(2,3)4-5(7)8;3-1-2-4;;;;;;;;;;;;;/h2*1-10,14H,11H2,(H,16,17);2*3-5H,1-2H3,(H,10,11);6-8H,1-5H2;4H2,1-3H3,(H,7,8);3-4H,1-2H2;6*1H;4*1H2;;;/q;;;;-2;;;;;;;;;4*-1;3*+4/p-6/t;;;;6-,7-;;;;;;;;;;;;;;;/m....1.............../s1. The summed E-state index contributed by atoms with van der Waals surface area (Å²) in [6.45, 7) is 16.8. The third-order valence-electron chi connectivity index (χ3n) is 11.5. The Hall–Kier alpha value is -3.81. The van der Waals surface area contributed by atoms with Gasteiger partial charge >= 0.3 is 136 Å². The Labute approximate surface area is 576 Å². The molecule has 1 aliphatic carbocycles. The molecule has 26 heteroatoms. The number of hydrogen-bond donors (Lipinski definition) is 7. The summed E-state index contributed by atoms with van der Waals surface area (Å²) >= 11 is -1.42. The van der Waals surface area contributed by atoms with Crippen molar-refractivity contribution >= 4 is 86.4 Å². The van der Waals surface area contributed by atoms with E-state index in [4.69, 9.17) is 98.0 Å². The van der Waals surface area contributed by atoms with Crippen LogP contribution in [0.5, 0.6) is 0 Å². The first-order valence-electron chi connectivity index (χ1n) is 25.8. The number of aromatic carboxylic acids is 2. The van der Waals surface area contributed by atoms with Gasteiger partial charge in [0.15, 0.2) is 0 Å². The van der Waals surface area contributed by atoms with Crippen LogP contribution in [-0.2, 0) is 63.8 Å². The number of nitrogens with one attached hydrogen (secondary N) is 1. The number of nitrogens with two attached hydrogens (primary N) is 4. The van der Waals surface area contributed by atoms with Crippen molar-refractivity contribution < 1.29 is 109 Å². The third kappa shape index (κ3) is 53.4. The van der Waals surface area contributed by atoms with E-state index in [0.29, 0.717) is 17.0 Å². The van der Waals surface area contributed by atoms with Crippen LogP contribution in [0.2, 0.25) is 0 Å². The fourth-order valence-corrected chi connectivity index (χ4v) is 7.72. The summed E-state index contributed by atoms with van der Waals surface area (Å²) in [6, 6.07) is 49.8. The quantitative estimate of drug-likeness (QED) is 0.0562. The minimum Gasteiger partial charge on any atom is -0.693 e. The molecule has 17 nitrogen and oxygen atoms in total. The smallest absolute Gasteiger partial charge is 0.693 e. The summed E-state index contributed by atoms with van der Waals surface area (Å²) in [5, 5.41) is 58.8. The Kier molecular flexibility index (Phi) is 68.5. The first-order chi connectivity index (χ1) is 40.1. The van der Waals surface area contributed by atoms with Crippen molar-refractivity contribution in [3.8, 4) is 0 Å². The van der Waals surface area contributed by atoms with Gasteiger partial charge in [-0.25, -0.2) is 9.59 Å². The zero-order chi connectivity index (χ0) is 65.3. The number of aliphatic hydroxyl groups excluding tert-OH is 2. The van der Waals surface area contributed by atoms with Gasteiger partial charge in [0.05, 0.1) is 43.6 Å². The second-order valence-electron chi connectivity index (χ2n) is 19.6. The predicted octanol–water partition coefficient (Wildman–Crippen LogP) is 20.5. The van der Waals surface area contributed by atoms with Gasteiger partial charge in [0, 0.05) is 11.8 Å². The molecule has 0 aromatic heterocycles. The summed E-state index contributed by atoms with van der Waals surface area (Å²) in [6.07, 6.45) is 5.28. The van der Waals surface area contributed by atoms with E-state index in [1.165, 1.54) is 19.3 Å². The van der Waals surface area contributed by atoms with Gasteiger partial charge in [0.25, 0.3) is 0 Å². The minimum atomic E-state index is -0.859. The fourth-order valence-electron chi connectivity index (χ4n) is 7.72. The molecular weight excluding hydrogens is 1820 g/mol. The maximum atomic E-state index is 11.0. The first kappa shape index (κ1) is 98.8. The van der Waals surface area contributed by atoms with Crippen LogP contribution in [0, 0.1) is 46.0 Å². The number of hydrogen-bond acceptors (Lipinski definition) is 7. The molecule has 0 bridgehead atoms. The van der Waals surface area contributed by atoms with Gasteiger partial charge in [-0.1, -0.05) is 203 Å². The fraction of sp³-hybridized carbons (Fsp3) is 0.333. The Bertz CT molecular complexity index is 2470. The molecule has 508 valence electrons. The zero-order valence-electron chi connectivity index (χ0n) is 50.6. The summed E-state index contributed by atoms with van der Waals surface area (Å²) in [5.74, 6) is -3.72. The van der Waals surface area contributed by atoms with Gasteiger partial charge in [-0.2, -0.15) is 12.0 Å². The van der Waals surface area contributed by atoms with E-state index in [-0.39, 0.29) is 80.4 Å². The molecule has 0 radical (unpaired) electrons. The van der Waals surface area contributed by atoms with Crippen molar-refractivity contribution in [1.29, 1.82) is 0 Å². The van der Waals surface area contributed by atoms with Crippen molar-refractivity contribution in [1.82, 2.24) is 0 Å². The van der Waals surface area contributed by atoms with E-state index in [0.717, 1.165) is 50.9 Å². The first-order valence-corrected chi connectivity index (χ1v) is 42.7. The van der Waals surface area contributed by atoms with Crippen molar-refractivity contribution in [2.75, 3.05) is 13.2 Å². The van der Waals surface area contributed by atoms with E-state index in [1.807, 2.05) is 168 Å². The van der Waals surface area contributed by atoms with Gasteiger partial charge in [-0.05, 0) is 78.6 Å². The molecule has 1 saturated carbocycles. The van der Waals surface area contributed by atoms with Crippen LogP contribution >= 0.6 is 56.5 Å². The van der Waals surface area contributed by atoms with Crippen LogP contribution in [0.25, 0.3) is 30.3 Å². The second kappa shape index (κ2) is 61.7. The molecule has 0 aliphatic heterocycles. The number of carbonyl (C=O) groups is 5. The number of carboxylic acids is 5. The molecule has 6 aromatic rings. The molecule has 0 amide bonds. The van der Waals surface area contributed by atoms with Crippen LogP contribution in [0.4, 0.5) is 0 Å². The molecule has 1 aliphatic rings. The molecule has 2 atom stereocenters. The maximum absolute atomic E-state index is 11.0. The van der Waals surface area contributed by atoms with E-state index in [1.54, 1.807) is 38.1 Å². The molecule has 7 rings (SSSR count). The van der Waals surface area contributed by atoms with Gasteiger partial charge < -0.3 is 73.0 Å². The van der Waals surface area contributed by atoms with E-state index < -0.39 is 79.3 Å². The summed E-state index contributed by atoms with van der Waals surface area (Å²) in [4.78, 5) is 53.0. The third-order valence-corrected chi connectivity index (χ3v) is 11.5. The van der Waals surface area contributed by atoms with Crippen molar-refractivity contribution in [2.24, 2.45) is 11.3 Å². The van der Waals surface area contributed by atoms with Gasteiger partial charge in [0.1, 0.15) is 0 Å². The van der Waals surface area contributed by atoms with Crippen molar-refractivity contribution in [3.05, 3.63) is 251 Å². The summed E-state index contributed by atoms with van der Waals surface area (Å²) in [5.41, 5.74) is 16.1. The second-order valence-corrected chi connectivity index (χ2v) is 29.4. The van der Waals surface area contributed by atoms with Crippen molar-refractivity contribution in [3.63, 3.8) is 0 Å². The largest absolute Gasteiger partial charge is 0.693 e. The number of carboxylic acid groups (broad SMARTS) is 5. The molecule has 0 heterocycles. The Morgan fingerprint density at radius 2 is 0.742 bits per heavy atom. The summed E-state index contributed by atoms with van der Waals surface area (Å²) in [7, 11) is 29.2. The van der Waals surface area contributed by atoms with Crippen LogP contribution in [0.1, 0.15) is 143 Å². The molecule has 0 unspecified atom stereocenters. The van der Waals surface area contributed by atoms with Crippen LogP contribution in [0.3, 0.4) is 0 Å². The average molecular weight is 1900 g/mol. The van der Waals surface area contributed by atoms with Gasteiger partial charge in [-0.15, -0.1) is 0 Å². The maximum Gasteiger partial charge on any atom is -0.693 e. The van der Waals surface area contributed by atoms with Crippen LogP contribution in [0.15, 0.2) is 158 Å². The average Bonchev–Trinajstić information content (AvgIpc) is 3.10. The Morgan fingerprint density at radius 3 is 0.899 bits per heavy atom. The molecule has 0 spiro atoms. The normalized spacial score (nSPS) is 12.0. The summed E-state index contributed by atoms with van der Waals surface area (Å²) < 4.78 is 0. The van der Waals surface area contributed by atoms with E-state index in [2.05, 4.69) is 6.92 Å². The van der Waals surface area contributed by atoms with E-state index in [9.17, 15) is 24.0 Å². The number of rotatable bonds is 12. The number of aliphatic hydroxyl groups is 2. The van der Waals surface area contributed by atoms with Gasteiger partial charge in [0.2, 0.25) is 0 Å². The Balaban J connectivity index is -0.000000176. The molecule has 1 fully saturated rings. The predicted molar refractivity (Wildman–Crippen MR) is 357 cm³/mol. The van der Waals surface area contributed by atoms with E-state index >= 15 is 0 Å². The number of halogens is 6. The number of aliphatic carboxylic acids is 3. The molecule has 0 saturated heterocycles. The SMILES string of the molecule is CC(C)(C)CC(=O)O.Cc1ccc(C(=O)O)c(C)c1.Cc1ccc(C(=O)O)c(C)c1.O=C(O)CC(c1ccccc1)c1ccccc1.O=C(O)CC(c1ccccc1)c1ccccc1.OCCO.[CH2-][C@@H]1CCCC[C@H]1[NH-].[Cl][Pt+2][Cl].[Cl][Pt+2][Cl].[Cl][Pt+2][Cl].[NH2-].[NH2-].[NH2-].[NH2-]. The van der Waals surface area contributed by atoms with Crippen LogP contribution in [-0.4, -0.2) is 84.8 Å². The van der Waals surface area contributed by atoms with Gasteiger partial charge in [-0.3, -0.25) is 14.4 Å². The zero-order valence-corrected chi connectivity index (χ0v) is 61.9. The molecule has 6 aromatic carbocycles. The Morgan fingerprint density at radius 1 is 0.483 bits per heavy atom. The molecule has 89 heavy (non-hydrogen) atoms. The minimum absolute atomic E-state index is 0. The van der Waals surface area contributed by atoms with Crippen molar-refractivity contribution in [2.45, 2.75) is 111 Å².